The summed E-state index contributed by atoms with van der Waals surface area (Å²) in [4.78, 5) is 0. The molecular formula is C8H5OS. The van der Waals surface area contributed by atoms with E-state index in [9.17, 15) is 0 Å². The van der Waals surface area contributed by atoms with Crippen LogP contribution in [0.1, 0.15) is 0 Å². The van der Waals surface area contributed by atoms with Crippen molar-refractivity contribution < 1.29 is 5.11 Å². The number of thiophene rings is 1. The van der Waals surface area contributed by atoms with Gasteiger partial charge in [-0.1, -0.05) is 0 Å². The van der Waals surface area contributed by atoms with E-state index in [0.29, 0.717) is 5.75 Å². The Balaban J connectivity index is 2.86. The smallest absolute Gasteiger partial charge is 0.116 e. The van der Waals surface area contributed by atoms with Crippen molar-refractivity contribution in [3.05, 3.63) is 29.6 Å². The number of hydrogen-bond donors (Lipinski definition) is 1. The van der Waals surface area contributed by atoms with Gasteiger partial charge in [0.15, 0.2) is 0 Å². The molecule has 0 amide bonds. The maximum Gasteiger partial charge on any atom is 0.116 e. The second-order valence-electron chi connectivity index (χ2n) is 2.09. The zero-order valence-corrected chi connectivity index (χ0v) is 5.98. The van der Waals surface area contributed by atoms with Gasteiger partial charge >= 0.3 is 0 Å². The van der Waals surface area contributed by atoms with Crippen molar-refractivity contribution in [1.82, 2.24) is 0 Å². The van der Waals surface area contributed by atoms with Gasteiger partial charge < -0.3 is 5.11 Å². The summed E-state index contributed by atoms with van der Waals surface area (Å²) in [6.45, 7) is 0. The lowest BCUT2D eigenvalue weighted by molar-refractivity contribution is 0.476. The normalized spacial score (nSPS) is 10.4. The molecule has 49 valence electrons. The number of aromatic hydroxyl groups is 1. The summed E-state index contributed by atoms with van der Waals surface area (Å²) in [5.74, 6) is 0.319. The largest absolute Gasteiger partial charge is 0.508 e. The summed E-state index contributed by atoms with van der Waals surface area (Å²) in [6, 6.07) is 7.20. The summed E-state index contributed by atoms with van der Waals surface area (Å²) in [7, 11) is 0. The molecule has 1 N–H and O–H groups in total. The zero-order chi connectivity index (χ0) is 6.97. The molecule has 0 unspecified atom stereocenters. The summed E-state index contributed by atoms with van der Waals surface area (Å²) < 4.78 is 1.16. The lowest BCUT2D eigenvalue weighted by atomic mass is 10.2. The van der Waals surface area contributed by atoms with Crippen LogP contribution in [-0.2, 0) is 0 Å². The second kappa shape index (κ2) is 1.99. The molecule has 2 rings (SSSR count). The first kappa shape index (κ1) is 5.74. The molecule has 10 heavy (non-hydrogen) atoms. The van der Waals surface area contributed by atoms with Crippen molar-refractivity contribution in [2.24, 2.45) is 0 Å². The Kier molecular flexibility index (Phi) is 1.14. The van der Waals surface area contributed by atoms with E-state index in [1.165, 1.54) is 0 Å². The standard InChI is InChI=1S/C8H5OS/c9-7-1-2-8-6(5-7)3-4-10-8/h1-3,5,9H. The van der Waals surface area contributed by atoms with Crippen LogP contribution in [0.25, 0.3) is 10.1 Å². The van der Waals surface area contributed by atoms with Crippen molar-refractivity contribution >= 4 is 21.4 Å². The van der Waals surface area contributed by atoms with Gasteiger partial charge in [0.25, 0.3) is 0 Å². The molecule has 0 atom stereocenters. The quantitative estimate of drug-likeness (QED) is 0.609. The molecule has 1 aromatic heterocycles. The number of fused-ring (bicyclic) bond motifs is 1. The maximum absolute atomic E-state index is 9.04. The first-order valence-electron chi connectivity index (χ1n) is 2.95. The Morgan fingerprint density at radius 2 is 2.30 bits per heavy atom. The van der Waals surface area contributed by atoms with Crippen LogP contribution >= 0.6 is 11.3 Å². The third-order valence-electron chi connectivity index (χ3n) is 1.38. The third-order valence-corrected chi connectivity index (χ3v) is 2.20. The molecule has 0 bridgehead atoms. The molecule has 0 spiro atoms. The number of rotatable bonds is 0. The van der Waals surface area contributed by atoms with E-state index >= 15 is 0 Å². The van der Waals surface area contributed by atoms with Crippen LogP contribution in [0.15, 0.2) is 24.3 Å². The maximum atomic E-state index is 9.04. The third kappa shape index (κ3) is 0.772. The average Bonchev–Trinajstić information content (AvgIpc) is 2.33. The van der Waals surface area contributed by atoms with Gasteiger partial charge in [0.2, 0.25) is 0 Å². The molecule has 2 aromatic rings. The SMILES string of the molecule is Oc1ccc2s[c]cc2c1. The molecule has 1 nitrogen and oxygen atoms in total. The Morgan fingerprint density at radius 3 is 3.20 bits per heavy atom. The van der Waals surface area contributed by atoms with Crippen LogP contribution in [0, 0.1) is 5.38 Å². The monoisotopic (exact) mass is 149 g/mol. The van der Waals surface area contributed by atoms with Crippen LogP contribution in [0.4, 0.5) is 0 Å². The number of benzene rings is 1. The minimum absolute atomic E-state index is 0.319. The topological polar surface area (TPSA) is 20.2 Å². The lowest BCUT2D eigenvalue weighted by Gasteiger charge is -1.89. The van der Waals surface area contributed by atoms with Gasteiger partial charge in [-0.15, -0.1) is 11.3 Å². The van der Waals surface area contributed by atoms with Gasteiger partial charge in [0, 0.05) is 10.1 Å². The summed E-state index contributed by atoms with van der Waals surface area (Å²) in [5.41, 5.74) is 0. The fourth-order valence-electron chi connectivity index (χ4n) is 0.898. The summed E-state index contributed by atoms with van der Waals surface area (Å²) >= 11 is 1.56. The van der Waals surface area contributed by atoms with Crippen LogP contribution in [0.3, 0.4) is 0 Å². The Hall–Kier alpha value is -1.02. The first-order valence-corrected chi connectivity index (χ1v) is 3.76. The Morgan fingerprint density at radius 1 is 1.40 bits per heavy atom. The summed E-state index contributed by atoms with van der Waals surface area (Å²) in [6.07, 6.45) is 0. The molecule has 1 radical (unpaired) electrons. The minimum atomic E-state index is 0.319. The predicted octanol–water partition coefficient (Wildman–Crippen LogP) is 2.41. The van der Waals surface area contributed by atoms with Crippen molar-refractivity contribution in [2.75, 3.05) is 0 Å². The molecule has 2 heteroatoms. The number of hydrogen-bond acceptors (Lipinski definition) is 2. The van der Waals surface area contributed by atoms with E-state index in [2.05, 4.69) is 5.38 Å². The highest BCUT2D eigenvalue weighted by Gasteiger charge is 1.93. The van der Waals surface area contributed by atoms with E-state index in [-0.39, 0.29) is 0 Å². The Bertz CT molecular complexity index is 351. The fraction of sp³-hybridized carbons (Fsp3) is 0. The molecule has 0 aliphatic carbocycles. The molecule has 0 saturated heterocycles. The van der Waals surface area contributed by atoms with Crippen molar-refractivity contribution in [2.45, 2.75) is 0 Å². The lowest BCUT2D eigenvalue weighted by Crippen LogP contribution is -1.61. The zero-order valence-electron chi connectivity index (χ0n) is 5.16. The first-order chi connectivity index (χ1) is 4.86. The van der Waals surface area contributed by atoms with E-state index in [1.54, 1.807) is 23.5 Å². The minimum Gasteiger partial charge on any atom is -0.508 e. The van der Waals surface area contributed by atoms with Crippen molar-refractivity contribution in [3.63, 3.8) is 0 Å². The fourth-order valence-corrected chi connectivity index (χ4v) is 1.58. The number of phenols is 1. The van der Waals surface area contributed by atoms with Gasteiger partial charge in [0.05, 0.1) is 0 Å². The Labute approximate surface area is 62.5 Å². The van der Waals surface area contributed by atoms with Crippen molar-refractivity contribution in [3.8, 4) is 5.75 Å². The van der Waals surface area contributed by atoms with E-state index in [1.807, 2.05) is 12.1 Å². The molecule has 0 saturated carbocycles. The van der Waals surface area contributed by atoms with Crippen LogP contribution < -0.4 is 0 Å². The molecule has 0 fully saturated rings. The van der Waals surface area contributed by atoms with Crippen LogP contribution in [-0.4, -0.2) is 5.11 Å². The highest BCUT2D eigenvalue weighted by molar-refractivity contribution is 7.16. The van der Waals surface area contributed by atoms with E-state index in [0.717, 1.165) is 10.1 Å². The summed E-state index contributed by atoms with van der Waals surface area (Å²) in [5, 5.41) is 13.1. The molecule has 0 aliphatic rings. The second-order valence-corrected chi connectivity index (χ2v) is 2.97. The van der Waals surface area contributed by atoms with Gasteiger partial charge in [-0.25, -0.2) is 0 Å². The van der Waals surface area contributed by atoms with Gasteiger partial charge in [-0.3, -0.25) is 0 Å². The molecule has 1 heterocycles. The molecule has 0 aliphatic heterocycles. The highest BCUT2D eigenvalue weighted by atomic mass is 32.1. The molecule has 1 aromatic carbocycles. The van der Waals surface area contributed by atoms with E-state index < -0.39 is 0 Å². The average molecular weight is 149 g/mol. The van der Waals surface area contributed by atoms with Crippen molar-refractivity contribution in [1.29, 1.82) is 0 Å². The highest BCUT2D eigenvalue weighted by Crippen LogP contribution is 2.23. The van der Waals surface area contributed by atoms with E-state index in [4.69, 9.17) is 5.11 Å². The van der Waals surface area contributed by atoms with Gasteiger partial charge in [-0.2, -0.15) is 0 Å². The van der Waals surface area contributed by atoms with Crippen LogP contribution in [0.2, 0.25) is 0 Å². The van der Waals surface area contributed by atoms with Gasteiger partial charge in [-0.05, 0) is 29.7 Å². The van der Waals surface area contributed by atoms with Crippen LogP contribution in [0.5, 0.6) is 5.75 Å². The van der Waals surface area contributed by atoms with Gasteiger partial charge in [0.1, 0.15) is 5.75 Å². The number of phenolic OH excluding ortho intramolecular Hbond substituents is 1. The predicted molar refractivity (Wildman–Crippen MR) is 42.3 cm³/mol. The molecular weight excluding hydrogens is 144 g/mol.